The SMILES string of the molecule is O[Si](O)(O)c1cccs1. The van der Waals surface area contributed by atoms with E-state index < -0.39 is 8.80 Å². The maximum atomic E-state index is 8.64. The van der Waals surface area contributed by atoms with Crippen LogP contribution in [0.4, 0.5) is 0 Å². The summed E-state index contributed by atoms with van der Waals surface area (Å²) in [7, 11) is -3.96. The third-order valence-corrected chi connectivity index (χ3v) is 3.54. The number of thiophene rings is 1. The molecule has 0 fully saturated rings. The molecule has 0 aliphatic heterocycles. The summed E-state index contributed by atoms with van der Waals surface area (Å²) in [4.78, 5) is 25.9. The quantitative estimate of drug-likeness (QED) is 0.458. The van der Waals surface area contributed by atoms with Crippen molar-refractivity contribution in [1.29, 1.82) is 0 Å². The van der Waals surface area contributed by atoms with Gasteiger partial charge in [-0.2, -0.15) is 0 Å². The highest BCUT2D eigenvalue weighted by molar-refractivity contribution is 7.22. The minimum absolute atomic E-state index is 0.266. The van der Waals surface area contributed by atoms with Gasteiger partial charge in [0, 0.05) is 0 Å². The summed E-state index contributed by atoms with van der Waals surface area (Å²) >= 11 is 1.14. The van der Waals surface area contributed by atoms with Crippen molar-refractivity contribution >= 4 is 24.6 Å². The fraction of sp³-hybridized carbons (Fsp3) is 0. The molecule has 0 aliphatic rings. The highest BCUT2D eigenvalue weighted by Gasteiger charge is 2.31. The van der Waals surface area contributed by atoms with Gasteiger partial charge in [-0.3, -0.25) is 0 Å². The summed E-state index contributed by atoms with van der Waals surface area (Å²) < 4.78 is 0.266. The van der Waals surface area contributed by atoms with Crippen molar-refractivity contribution in [3.8, 4) is 0 Å². The van der Waals surface area contributed by atoms with E-state index in [2.05, 4.69) is 0 Å². The zero-order chi connectivity index (χ0) is 6.91. The van der Waals surface area contributed by atoms with E-state index in [0.717, 1.165) is 11.3 Å². The Balaban J connectivity index is 2.90. The van der Waals surface area contributed by atoms with Gasteiger partial charge in [-0.05, 0) is 11.4 Å². The van der Waals surface area contributed by atoms with E-state index in [1.165, 1.54) is 6.07 Å². The fourth-order valence-corrected chi connectivity index (χ4v) is 2.09. The molecule has 1 aromatic heterocycles. The van der Waals surface area contributed by atoms with Gasteiger partial charge in [-0.25, -0.2) is 0 Å². The molecule has 1 heterocycles. The largest absolute Gasteiger partial charge is 0.539 e. The molecule has 1 rings (SSSR count). The van der Waals surface area contributed by atoms with Crippen LogP contribution in [0.15, 0.2) is 17.5 Å². The van der Waals surface area contributed by atoms with E-state index in [-0.39, 0.29) is 4.50 Å². The number of hydrogen-bond acceptors (Lipinski definition) is 4. The molecule has 0 bridgehead atoms. The lowest BCUT2D eigenvalue weighted by atomic mass is 10.7. The topological polar surface area (TPSA) is 60.7 Å². The minimum Gasteiger partial charge on any atom is -0.386 e. The van der Waals surface area contributed by atoms with Crippen LogP contribution in [0.25, 0.3) is 0 Å². The lowest BCUT2D eigenvalue weighted by Crippen LogP contribution is -2.46. The molecule has 0 aliphatic carbocycles. The normalized spacial score (nSPS) is 11.9. The average molecular weight is 162 g/mol. The minimum atomic E-state index is -3.96. The Hall–Kier alpha value is -0.203. The predicted molar refractivity (Wildman–Crippen MR) is 36.4 cm³/mol. The van der Waals surface area contributed by atoms with Crippen LogP contribution in [-0.2, 0) is 0 Å². The Morgan fingerprint density at radius 2 is 2.00 bits per heavy atom. The van der Waals surface area contributed by atoms with Crippen LogP contribution in [0.1, 0.15) is 0 Å². The molecule has 0 spiro atoms. The summed E-state index contributed by atoms with van der Waals surface area (Å²) in [5, 5.41) is 1.68. The molecule has 0 saturated heterocycles. The van der Waals surface area contributed by atoms with Gasteiger partial charge in [0.2, 0.25) is 0 Å². The predicted octanol–water partition coefficient (Wildman–Crippen LogP) is -1.13. The zero-order valence-corrected chi connectivity index (χ0v) is 6.30. The molecule has 0 aromatic carbocycles. The summed E-state index contributed by atoms with van der Waals surface area (Å²) in [6.45, 7) is 0. The van der Waals surface area contributed by atoms with Gasteiger partial charge in [-0.1, -0.05) is 6.07 Å². The van der Waals surface area contributed by atoms with Gasteiger partial charge in [0.25, 0.3) is 0 Å². The van der Waals surface area contributed by atoms with Crippen molar-refractivity contribution < 1.29 is 14.4 Å². The van der Waals surface area contributed by atoms with Crippen LogP contribution in [-0.4, -0.2) is 23.2 Å². The van der Waals surface area contributed by atoms with Crippen LogP contribution in [0.2, 0.25) is 0 Å². The van der Waals surface area contributed by atoms with E-state index in [1.807, 2.05) is 0 Å². The molecule has 0 radical (unpaired) electrons. The standard InChI is InChI=1S/C4H6O3SSi/c5-9(6,7)4-2-1-3-8-4/h1-3,5-7H. The molecule has 0 unspecified atom stereocenters. The van der Waals surface area contributed by atoms with Crippen molar-refractivity contribution in [2.75, 3.05) is 0 Å². The summed E-state index contributed by atoms with van der Waals surface area (Å²) in [6, 6.07) is 3.15. The van der Waals surface area contributed by atoms with Gasteiger partial charge in [0.15, 0.2) is 0 Å². The maximum Gasteiger partial charge on any atom is 0.539 e. The van der Waals surface area contributed by atoms with Crippen LogP contribution in [0.5, 0.6) is 0 Å². The fourth-order valence-electron chi connectivity index (χ4n) is 0.469. The van der Waals surface area contributed by atoms with E-state index in [9.17, 15) is 0 Å². The summed E-state index contributed by atoms with van der Waals surface area (Å²) in [5.41, 5.74) is 0. The first-order chi connectivity index (χ1) is 4.11. The molecule has 0 saturated carbocycles. The zero-order valence-electron chi connectivity index (χ0n) is 4.48. The molecule has 5 heteroatoms. The van der Waals surface area contributed by atoms with Gasteiger partial charge in [0.05, 0.1) is 4.50 Å². The number of rotatable bonds is 1. The highest BCUT2D eigenvalue weighted by Crippen LogP contribution is 1.97. The van der Waals surface area contributed by atoms with Crippen molar-refractivity contribution in [2.45, 2.75) is 0 Å². The van der Waals surface area contributed by atoms with Gasteiger partial charge < -0.3 is 14.4 Å². The van der Waals surface area contributed by atoms with Crippen molar-refractivity contribution in [3.05, 3.63) is 17.5 Å². The molecule has 0 amide bonds. The lowest BCUT2D eigenvalue weighted by molar-refractivity contribution is 0.251. The van der Waals surface area contributed by atoms with Crippen LogP contribution >= 0.6 is 11.3 Å². The lowest BCUT2D eigenvalue weighted by Gasteiger charge is -2.03. The smallest absolute Gasteiger partial charge is 0.386 e. The number of hydrogen-bond donors (Lipinski definition) is 3. The van der Waals surface area contributed by atoms with E-state index in [0.29, 0.717) is 0 Å². The molecule has 0 atom stereocenters. The second-order valence-electron chi connectivity index (χ2n) is 1.61. The Morgan fingerprint density at radius 1 is 1.33 bits per heavy atom. The maximum absolute atomic E-state index is 8.64. The van der Waals surface area contributed by atoms with Crippen molar-refractivity contribution in [3.63, 3.8) is 0 Å². The van der Waals surface area contributed by atoms with Gasteiger partial charge in [-0.15, -0.1) is 11.3 Å². The summed E-state index contributed by atoms with van der Waals surface area (Å²) in [5.74, 6) is 0. The van der Waals surface area contributed by atoms with Crippen LogP contribution in [0.3, 0.4) is 0 Å². The van der Waals surface area contributed by atoms with Crippen LogP contribution < -0.4 is 4.50 Å². The molecule has 1 aromatic rings. The first kappa shape index (κ1) is 6.91. The third kappa shape index (κ3) is 1.60. The molecule has 3 nitrogen and oxygen atoms in total. The first-order valence-corrected chi connectivity index (χ1v) is 5.04. The molecule has 9 heavy (non-hydrogen) atoms. The monoisotopic (exact) mass is 162 g/mol. The second-order valence-corrected chi connectivity index (χ2v) is 4.73. The Kier molecular flexibility index (Phi) is 1.69. The van der Waals surface area contributed by atoms with Crippen molar-refractivity contribution in [1.82, 2.24) is 0 Å². The highest BCUT2D eigenvalue weighted by atomic mass is 32.1. The molecule has 3 N–H and O–H groups in total. The summed E-state index contributed by atoms with van der Waals surface area (Å²) in [6.07, 6.45) is 0. The van der Waals surface area contributed by atoms with E-state index in [1.54, 1.807) is 11.4 Å². The second kappa shape index (κ2) is 2.20. The van der Waals surface area contributed by atoms with E-state index in [4.69, 9.17) is 14.4 Å². The van der Waals surface area contributed by atoms with E-state index >= 15 is 0 Å². The molecular weight excluding hydrogens is 156 g/mol. The van der Waals surface area contributed by atoms with Gasteiger partial charge in [0.1, 0.15) is 0 Å². The average Bonchev–Trinajstić information content (AvgIpc) is 2.08. The molecule has 50 valence electrons. The Bertz CT molecular complexity index is 178. The van der Waals surface area contributed by atoms with Crippen molar-refractivity contribution in [2.24, 2.45) is 0 Å². The first-order valence-electron chi connectivity index (χ1n) is 2.32. The third-order valence-electron chi connectivity index (χ3n) is 0.852. The van der Waals surface area contributed by atoms with Crippen LogP contribution in [0, 0.1) is 0 Å². The Labute approximate surface area is 57.2 Å². The molecular formula is C4H6O3SSi. The Morgan fingerprint density at radius 3 is 2.22 bits per heavy atom. The van der Waals surface area contributed by atoms with Gasteiger partial charge >= 0.3 is 8.80 Å².